The molecule has 0 unspecified atom stereocenters. The Hall–Kier alpha value is -4.64. The lowest BCUT2D eigenvalue weighted by atomic mass is 10.2. The van der Waals surface area contributed by atoms with Crippen molar-refractivity contribution >= 4 is 33.3 Å². The minimum Gasteiger partial charge on any atom is -0.449 e. The summed E-state index contributed by atoms with van der Waals surface area (Å²) in [7, 11) is -2.33. The molecule has 0 saturated carbocycles. The van der Waals surface area contributed by atoms with E-state index in [0.717, 1.165) is 5.56 Å². The van der Waals surface area contributed by atoms with Gasteiger partial charge in [-0.1, -0.05) is 42.5 Å². The fourth-order valence-electron chi connectivity index (χ4n) is 4.16. The van der Waals surface area contributed by atoms with E-state index in [1.165, 1.54) is 23.7 Å². The summed E-state index contributed by atoms with van der Waals surface area (Å²) in [5.41, 5.74) is 1.99. The quantitative estimate of drug-likeness (QED) is 0.312. The van der Waals surface area contributed by atoms with Gasteiger partial charge in [0.25, 0.3) is 21.5 Å². The van der Waals surface area contributed by atoms with Crippen molar-refractivity contribution < 1.29 is 22.7 Å². The molecule has 3 aromatic carbocycles. The molecule has 0 radical (unpaired) electrons. The fourth-order valence-corrected chi connectivity index (χ4v) is 5.57. The minimum atomic E-state index is -4.02. The first-order valence-electron chi connectivity index (χ1n) is 12.5. The average Bonchev–Trinajstić information content (AvgIpc) is 3.13. The number of carbonyl (C=O) groups is 2. The Morgan fingerprint density at radius 2 is 1.57 bits per heavy atom. The van der Waals surface area contributed by atoms with E-state index in [-0.39, 0.29) is 21.8 Å². The van der Waals surface area contributed by atoms with Gasteiger partial charge >= 0.3 is 5.97 Å². The molecular formula is C29H30N4O6S. The normalized spacial score (nSPS) is 12.0. The number of ether oxygens (including phenoxy) is 1. The van der Waals surface area contributed by atoms with Gasteiger partial charge in [-0.3, -0.25) is 19.0 Å². The second-order valence-corrected chi connectivity index (χ2v) is 11.0. The predicted molar refractivity (Wildman–Crippen MR) is 152 cm³/mol. The topological polar surface area (TPSA) is 128 Å². The summed E-state index contributed by atoms with van der Waals surface area (Å²) >= 11 is 0. The standard InChI is InChI=1S/C29H30N4O6S/c1-18-15-16-19(2)25(17-18)40(37,38)31-24-14-10-9-13-23(24)29(36)39-21(4)27(34)30-26-20(3)32(5)33(28(26)35)22-11-7-6-8-12-22/h6-17,21,31H,1-5H3,(H,30,34)/t21-/m1/s1. The molecule has 10 nitrogen and oxygen atoms in total. The van der Waals surface area contributed by atoms with Crippen LogP contribution in [0.3, 0.4) is 0 Å². The summed E-state index contributed by atoms with van der Waals surface area (Å²) in [4.78, 5) is 39.2. The lowest BCUT2D eigenvalue weighted by Gasteiger charge is -2.16. The molecule has 4 rings (SSSR count). The van der Waals surface area contributed by atoms with Crippen molar-refractivity contribution in [3.05, 3.63) is 106 Å². The molecule has 0 bridgehead atoms. The summed E-state index contributed by atoms with van der Waals surface area (Å²) in [6.07, 6.45) is -1.29. The predicted octanol–water partition coefficient (Wildman–Crippen LogP) is 4.09. The molecule has 0 aliphatic heterocycles. The monoisotopic (exact) mass is 562 g/mol. The molecule has 0 aliphatic carbocycles. The molecule has 1 atom stereocenters. The van der Waals surface area contributed by atoms with Crippen LogP contribution in [-0.4, -0.2) is 35.8 Å². The minimum absolute atomic E-state index is 0.00525. The van der Waals surface area contributed by atoms with Crippen LogP contribution in [0.2, 0.25) is 0 Å². The summed E-state index contributed by atoms with van der Waals surface area (Å²) in [5.74, 6) is -1.62. The van der Waals surface area contributed by atoms with E-state index in [1.807, 2.05) is 6.07 Å². The number of amides is 1. The van der Waals surface area contributed by atoms with E-state index in [0.29, 0.717) is 16.9 Å². The second kappa shape index (κ2) is 11.2. The molecule has 208 valence electrons. The van der Waals surface area contributed by atoms with Gasteiger partial charge in [0.15, 0.2) is 6.10 Å². The van der Waals surface area contributed by atoms with E-state index >= 15 is 0 Å². The highest BCUT2D eigenvalue weighted by Gasteiger charge is 2.26. The molecule has 4 aromatic rings. The number of aryl methyl sites for hydroxylation is 2. The number of anilines is 2. The Balaban J connectivity index is 1.52. The van der Waals surface area contributed by atoms with Crippen molar-refractivity contribution in [2.45, 2.75) is 38.7 Å². The molecule has 0 aliphatic rings. The molecule has 11 heteroatoms. The van der Waals surface area contributed by atoms with Crippen molar-refractivity contribution in [2.24, 2.45) is 7.05 Å². The van der Waals surface area contributed by atoms with Crippen molar-refractivity contribution in [3.8, 4) is 5.69 Å². The molecule has 40 heavy (non-hydrogen) atoms. The molecule has 2 N–H and O–H groups in total. The lowest BCUT2D eigenvalue weighted by molar-refractivity contribution is -0.123. The average molecular weight is 563 g/mol. The number of benzene rings is 3. The van der Waals surface area contributed by atoms with Gasteiger partial charge in [0.1, 0.15) is 5.69 Å². The number of sulfonamides is 1. The van der Waals surface area contributed by atoms with Gasteiger partial charge < -0.3 is 10.1 Å². The Morgan fingerprint density at radius 1 is 0.925 bits per heavy atom. The van der Waals surface area contributed by atoms with Crippen molar-refractivity contribution in [2.75, 3.05) is 10.0 Å². The maximum absolute atomic E-state index is 13.1. The van der Waals surface area contributed by atoms with Crippen LogP contribution in [0, 0.1) is 20.8 Å². The largest absolute Gasteiger partial charge is 0.449 e. The number of esters is 1. The lowest BCUT2D eigenvalue weighted by Crippen LogP contribution is -2.32. The molecule has 0 fully saturated rings. The zero-order chi connectivity index (χ0) is 29.2. The van der Waals surface area contributed by atoms with E-state index in [2.05, 4.69) is 10.0 Å². The number of rotatable bonds is 8. The third-order valence-electron chi connectivity index (χ3n) is 6.48. The molecule has 0 saturated heterocycles. The van der Waals surface area contributed by atoms with E-state index in [1.54, 1.807) is 87.1 Å². The van der Waals surface area contributed by atoms with E-state index in [9.17, 15) is 22.8 Å². The number of para-hydroxylation sites is 2. The molecule has 1 aromatic heterocycles. The van der Waals surface area contributed by atoms with E-state index < -0.39 is 33.6 Å². The maximum atomic E-state index is 13.1. The third kappa shape index (κ3) is 5.69. The van der Waals surface area contributed by atoms with Crippen molar-refractivity contribution in [3.63, 3.8) is 0 Å². The molecular weight excluding hydrogens is 532 g/mol. The third-order valence-corrected chi connectivity index (χ3v) is 7.99. The van der Waals surface area contributed by atoms with E-state index in [4.69, 9.17) is 4.74 Å². The first-order valence-corrected chi connectivity index (χ1v) is 13.9. The van der Waals surface area contributed by atoms with Gasteiger partial charge in [0, 0.05) is 7.05 Å². The van der Waals surface area contributed by atoms with Crippen LogP contribution in [0.25, 0.3) is 5.69 Å². The van der Waals surface area contributed by atoms with Crippen LogP contribution in [0.15, 0.2) is 82.5 Å². The zero-order valence-corrected chi connectivity index (χ0v) is 23.6. The summed E-state index contributed by atoms with van der Waals surface area (Å²) < 4.78 is 37.1. The number of hydrogen-bond donors (Lipinski definition) is 2. The highest BCUT2D eigenvalue weighted by atomic mass is 32.2. The summed E-state index contributed by atoms with van der Waals surface area (Å²) in [6, 6.07) is 20.0. The SMILES string of the molecule is Cc1ccc(C)c(S(=O)(=O)Nc2ccccc2C(=O)O[C@H](C)C(=O)Nc2c(C)n(C)n(-c3ccccc3)c2=O)c1. The van der Waals surface area contributed by atoms with Gasteiger partial charge in [-0.25, -0.2) is 17.9 Å². The highest BCUT2D eigenvalue weighted by molar-refractivity contribution is 7.92. The van der Waals surface area contributed by atoms with Crippen LogP contribution < -0.4 is 15.6 Å². The maximum Gasteiger partial charge on any atom is 0.341 e. The number of carbonyl (C=O) groups excluding carboxylic acids is 2. The second-order valence-electron chi connectivity index (χ2n) is 9.39. The number of aromatic nitrogens is 2. The van der Waals surface area contributed by atoms with Crippen LogP contribution in [-0.2, 0) is 26.6 Å². The molecule has 1 amide bonds. The van der Waals surface area contributed by atoms with Crippen molar-refractivity contribution in [1.29, 1.82) is 0 Å². The first-order chi connectivity index (χ1) is 18.9. The summed E-state index contributed by atoms with van der Waals surface area (Å²) in [5, 5.41) is 2.57. The zero-order valence-electron chi connectivity index (χ0n) is 22.8. The van der Waals surface area contributed by atoms with Crippen LogP contribution >= 0.6 is 0 Å². The highest BCUT2D eigenvalue weighted by Crippen LogP contribution is 2.24. The van der Waals surface area contributed by atoms with Crippen LogP contribution in [0.1, 0.15) is 34.1 Å². The Bertz CT molecular complexity index is 1760. The van der Waals surface area contributed by atoms with Gasteiger partial charge in [-0.05, 0) is 69.2 Å². The van der Waals surface area contributed by atoms with Crippen LogP contribution in [0.5, 0.6) is 0 Å². The van der Waals surface area contributed by atoms with Crippen molar-refractivity contribution in [1.82, 2.24) is 9.36 Å². The number of nitrogens with zero attached hydrogens (tertiary/aromatic N) is 2. The Kier molecular flexibility index (Phi) is 7.96. The van der Waals surface area contributed by atoms with Gasteiger partial charge in [0.2, 0.25) is 0 Å². The van der Waals surface area contributed by atoms with Crippen LogP contribution in [0.4, 0.5) is 11.4 Å². The first kappa shape index (κ1) is 28.4. The molecule has 1 heterocycles. The van der Waals surface area contributed by atoms with Gasteiger partial charge in [-0.2, -0.15) is 0 Å². The fraction of sp³-hybridized carbons (Fsp3) is 0.207. The smallest absolute Gasteiger partial charge is 0.341 e. The summed E-state index contributed by atoms with van der Waals surface area (Å²) in [6.45, 7) is 6.51. The van der Waals surface area contributed by atoms with Gasteiger partial charge in [0.05, 0.1) is 27.5 Å². The number of nitrogens with one attached hydrogen (secondary N) is 2. The Morgan fingerprint density at radius 3 is 2.27 bits per heavy atom. The van der Waals surface area contributed by atoms with Gasteiger partial charge in [-0.15, -0.1) is 0 Å². The number of hydrogen-bond acceptors (Lipinski definition) is 6. The Labute approximate surface area is 232 Å². The molecule has 0 spiro atoms.